The van der Waals surface area contributed by atoms with Crippen LogP contribution in [0.2, 0.25) is 5.02 Å². The normalized spacial score (nSPS) is 10.5. The monoisotopic (exact) mass is 263 g/mol. The molecule has 17 heavy (non-hydrogen) atoms. The minimum atomic E-state index is 0.726. The maximum absolute atomic E-state index is 6.13. The minimum absolute atomic E-state index is 0.726. The molecule has 3 heteroatoms. The summed E-state index contributed by atoms with van der Waals surface area (Å²) < 4.78 is 0. The van der Waals surface area contributed by atoms with Crippen molar-refractivity contribution in [2.45, 2.75) is 17.6 Å². The molecule has 0 aliphatic heterocycles. The second-order valence-electron chi connectivity index (χ2n) is 3.87. The number of nitrogen functional groups attached to an aromatic ring is 1. The number of hydrogen-bond donors (Lipinski definition) is 1. The van der Waals surface area contributed by atoms with Crippen LogP contribution in [0.3, 0.4) is 0 Å². The molecule has 0 fully saturated rings. The number of aryl methyl sites for hydroxylation is 1. The third-order valence-electron chi connectivity index (χ3n) is 2.63. The van der Waals surface area contributed by atoms with Crippen LogP contribution in [0, 0.1) is 6.92 Å². The van der Waals surface area contributed by atoms with E-state index in [-0.39, 0.29) is 0 Å². The molecule has 2 rings (SSSR count). The van der Waals surface area contributed by atoms with Crippen molar-refractivity contribution in [2.75, 3.05) is 5.73 Å². The Morgan fingerprint density at radius 1 is 1.12 bits per heavy atom. The topological polar surface area (TPSA) is 26.0 Å². The molecule has 0 atom stereocenters. The van der Waals surface area contributed by atoms with Gasteiger partial charge >= 0.3 is 0 Å². The van der Waals surface area contributed by atoms with Gasteiger partial charge in [0.25, 0.3) is 0 Å². The van der Waals surface area contributed by atoms with E-state index < -0.39 is 0 Å². The van der Waals surface area contributed by atoms with Gasteiger partial charge in [0.15, 0.2) is 0 Å². The Balaban J connectivity index is 2.16. The molecule has 0 aliphatic rings. The highest BCUT2D eigenvalue weighted by Gasteiger charge is 2.06. The number of halogens is 1. The molecular formula is C14H14ClNS. The van der Waals surface area contributed by atoms with Crippen LogP contribution in [0.15, 0.2) is 47.4 Å². The molecule has 0 saturated heterocycles. The fourth-order valence-corrected chi connectivity index (χ4v) is 3.01. The SMILES string of the molecule is Cc1ccccc1CSc1c(N)cccc1Cl. The number of thioether (sulfide) groups is 1. The van der Waals surface area contributed by atoms with Crippen molar-refractivity contribution in [1.29, 1.82) is 0 Å². The lowest BCUT2D eigenvalue weighted by Crippen LogP contribution is -1.91. The maximum atomic E-state index is 6.13. The molecule has 2 aromatic carbocycles. The Hall–Kier alpha value is -1.12. The van der Waals surface area contributed by atoms with E-state index in [9.17, 15) is 0 Å². The zero-order chi connectivity index (χ0) is 12.3. The summed E-state index contributed by atoms with van der Waals surface area (Å²) in [5.74, 6) is 0.889. The summed E-state index contributed by atoms with van der Waals surface area (Å²) >= 11 is 7.82. The lowest BCUT2D eigenvalue weighted by molar-refractivity contribution is 1.30. The average Bonchev–Trinajstić information content (AvgIpc) is 2.30. The van der Waals surface area contributed by atoms with Crippen molar-refractivity contribution in [3.8, 4) is 0 Å². The standard InChI is InChI=1S/C14H14ClNS/c1-10-5-2-3-6-11(10)9-17-14-12(15)7-4-8-13(14)16/h2-8H,9,16H2,1H3. The van der Waals surface area contributed by atoms with Crippen LogP contribution in [0.25, 0.3) is 0 Å². The molecule has 1 nitrogen and oxygen atoms in total. The third-order valence-corrected chi connectivity index (χ3v) is 4.26. The van der Waals surface area contributed by atoms with Crippen LogP contribution >= 0.6 is 23.4 Å². The molecule has 88 valence electrons. The summed E-state index contributed by atoms with van der Waals surface area (Å²) in [6.45, 7) is 2.12. The lowest BCUT2D eigenvalue weighted by atomic mass is 10.1. The quantitative estimate of drug-likeness (QED) is 0.651. The largest absolute Gasteiger partial charge is 0.398 e. The van der Waals surface area contributed by atoms with E-state index >= 15 is 0 Å². The number of hydrogen-bond acceptors (Lipinski definition) is 2. The van der Waals surface area contributed by atoms with Gasteiger partial charge in [-0.1, -0.05) is 41.9 Å². The second-order valence-corrected chi connectivity index (χ2v) is 5.27. The third kappa shape index (κ3) is 2.96. The lowest BCUT2D eigenvalue weighted by Gasteiger charge is -2.09. The first-order chi connectivity index (χ1) is 8.18. The maximum Gasteiger partial charge on any atom is 0.0562 e. The summed E-state index contributed by atoms with van der Waals surface area (Å²) in [7, 11) is 0. The highest BCUT2D eigenvalue weighted by atomic mass is 35.5. The molecule has 0 aliphatic carbocycles. The van der Waals surface area contributed by atoms with E-state index in [0.29, 0.717) is 0 Å². The van der Waals surface area contributed by atoms with Gasteiger partial charge in [-0.25, -0.2) is 0 Å². The van der Waals surface area contributed by atoms with Gasteiger partial charge in [0.05, 0.1) is 5.02 Å². The smallest absolute Gasteiger partial charge is 0.0562 e. The van der Waals surface area contributed by atoms with Gasteiger partial charge in [-0.05, 0) is 30.2 Å². The number of anilines is 1. The Morgan fingerprint density at radius 2 is 1.88 bits per heavy atom. The van der Waals surface area contributed by atoms with Crippen LogP contribution in [0.1, 0.15) is 11.1 Å². The van der Waals surface area contributed by atoms with Crippen LogP contribution in [-0.2, 0) is 5.75 Å². The minimum Gasteiger partial charge on any atom is -0.398 e. The summed E-state index contributed by atoms with van der Waals surface area (Å²) in [6.07, 6.45) is 0. The van der Waals surface area contributed by atoms with E-state index in [2.05, 4.69) is 25.1 Å². The van der Waals surface area contributed by atoms with Crippen molar-refractivity contribution in [1.82, 2.24) is 0 Å². The number of nitrogens with two attached hydrogens (primary N) is 1. The van der Waals surface area contributed by atoms with Gasteiger partial charge < -0.3 is 5.73 Å². The van der Waals surface area contributed by atoms with Crippen LogP contribution in [0.5, 0.6) is 0 Å². The molecule has 0 aromatic heterocycles. The Labute approximate surface area is 111 Å². The van der Waals surface area contributed by atoms with Crippen molar-refractivity contribution < 1.29 is 0 Å². The van der Waals surface area contributed by atoms with Gasteiger partial charge in [0.1, 0.15) is 0 Å². The first-order valence-electron chi connectivity index (χ1n) is 5.40. The highest BCUT2D eigenvalue weighted by Crippen LogP contribution is 2.34. The summed E-state index contributed by atoms with van der Waals surface area (Å²) in [5.41, 5.74) is 9.28. The van der Waals surface area contributed by atoms with Gasteiger partial charge in [-0.15, -0.1) is 11.8 Å². The summed E-state index contributed by atoms with van der Waals surface area (Å²) in [4.78, 5) is 0.970. The van der Waals surface area contributed by atoms with E-state index in [1.54, 1.807) is 11.8 Å². The molecule has 0 radical (unpaired) electrons. The summed E-state index contributed by atoms with van der Waals surface area (Å²) in [5, 5.41) is 0.726. The molecule has 0 amide bonds. The van der Waals surface area contributed by atoms with Gasteiger partial charge in [0, 0.05) is 16.3 Å². The molecule has 0 heterocycles. The van der Waals surface area contributed by atoms with E-state index in [1.165, 1.54) is 11.1 Å². The molecule has 0 unspecified atom stereocenters. The fourth-order valence-electron chi connectivity index (χ4n) is 1.60. The number of rotatable bonds is 3. The predicted octanol–water partition coefficient (Wildman–Crippen LogP) is 4.52. The highest BCUT2D eigenvalue weighted by molar-refractivity contribution is 7.98. The predicted molar refractivity (Wildman–Crippen MR) is 76.6 cm³/mol. The number of benzene rings is 2. The van der Waals surface area contributed by atoms with Crippen LogP contribution in [-0.4, -0.2) is 0 Å². The fraction of sp³-hybridized carbons (Fsp3) is 0.143. The first-order valence-corrected chi connectivity index (χ1v) is 6.76. The molecular weight excluding hydrogens is 250 g/mol. The molecule has 2 aromatic rings. The van der Waals surface area contributed by atoms with Gasteiger partial charge in [-0.3, -0.25) is 0 Å². The summed E-state index contributed by atoms with van der Waals surface area (Å²) in [6, 6.07) is 14.0. The van der Waals surface area contributed by atoms with Crippen molar-refractivity contribution in [3.05, 3.63) is 58.6 Å². The van der Waals surface area contributed by atoms with E-state index in [4.69, 9.17) is 17.3 Å². The molecule has 2 N–H and O–H groups in total. The molecule has 0 spiro atoms. The second kappa shape index (κ2) is 5.48. The molecule has 0 saturated carbocycles. The Bertz CT molecular complexity index is 505. The van der Waals surface area contributed by atoms with Gasteiger partial charge in [0.2, 0.25) is 0 Å². The van der Waals surface area contributed by atoms with Crippen molar-refractivity contribution >= 4 is 29.1 Å². The van der Waals surface area contributed by atoms with Crippen LogP contribution < -0.4 is 5.73 Å². The zero-order valence-corrected chi connectivity index (χ0v) is 11.2. The zero-order valence-electron chi connectivity index (χ0n) is 9.61. The van der Waals surface area contributed by atoms with Gasteiger partial charge in [-0.2, -0.15) is 0 Å². The Morgan fingerprint density at radius 3 is 2.59 bits per heavy atom. The van der Waals surface area contributed by atoms with E-state index in [0.717, 1.165) is 21.4 Å². The van der Waals surface area contributed by atoms with Crippen LogP contribution in [0.4, 0.5) is 5.69 Å². The van der Waals surface area contributed by atoms with E-state index in [1.807, 2.05) is 24.3 Å². The molecule has 0 bridgehead atoms. The van der Waals surface area contributed by atoms with Crippen molar-refractivity contribution in [2.24, 2.45) is 0 Å². The first kappa shape index (κ1) is 12.3. The Kier molecular flexibility index (Phi) is 3.97. The average molecular weight is 264 g/mol. The van der Waals surface area contributed by atoms with Crippen molar-refractivity contribution in [3.63, 3.8) is 0 Å².